The van der Waals surface area contributed by atoms with Crippen molar-refractivity contribution in [3.63, 3.8) is 0 Å². The van der Waals surface area contributed by atoms with Gasteiger partial charge < -0.3 is 10.2 Å². The normalized spacial score (nSPS) is 16.8. The van der Waals surface area contributed by atoms with Crippen molar-refractivity contribution < 1.29 is 13.6 Å². The predicted octanol–water partition coefficient (Wildman–Crippen LogP) is 1.92. The SMILES string of the molecule is O=C(NC(c1ccccc1)C(F)F)N1CCC(n2cn[nH]c2=O)CC1. The van der Waals surface area contributed by atoms with E-state index in [4.69, 9.17) is 0 Å². The van der Waals surface area contributed by atoms with Gasteiger partial charge >= 0.3 is 11.7 Å². The number of benzene rings is 1. The second-order valence-electron chi connectivity index (χ2n) is 5.96. The third kappa shape index (κ3) is 3.86. The largest absolute Gasteiger partial charge is 0.343 e. The molecular formula is C16H19F2N5O2. The summed E-state index contributed by atoms with van der Waals surface area (Å²) >= 11 is 0. The number of alkyl halides is 2. The summed E-state index contributed by atoms with van der Waals surface area (Å²) in [6.45, 7) is 0.776. The van der Waals surface area contributed by atoms with Crippen LogP contribution < -0.4 is 11.0 Å². The fourth-order valence-corrected chi connectivity index (χ4v) is 3.04. The number of H-pyrrole nitrogens is 1. The van der Waals surface area contributed by atoms with Crippen molar-refractivity contribution in [2.24, 2.45) is 0 Å². The van der Waals surface area contributed by atoms with Crippen LogP contribution in [0.1, 0.15) is 30.5 Å². The summed E-state index contributed by atoms with van der Waals surface area (Å²) in [7, 11) is 0. The molecule has 25 heavy (non-hydrogen) atoms. The molecule has 1 aromatic carbocycles. The molecule has 9 heteroatoms. The minimum atomic E-state index is -2.70. The smallest absolute Gasteiger partial charge is 0.325 e. The third-order valence-corrected chi connectivity index (χ3v) is 4.41. The van der Waals surface area contributed by atoms with Crippen molar-refractivity contribution in [3.05, 3.63) is 52.7 Å². The van der Waals surface area contributed by atoms with Gasteiger partial charge in [-0.15, -0.1) is 0 Å². The van der Waals surface area contributed by atoms with Gasteiger partial charge in [-0.25, -0.2) is 23.5 Å². The lowest BCUT2D eigenvalue weighted by Crippen LogP contribution is -2.47. The van der Waals surface area contributed by atoms with Crippen LogP contribution in [-0.4, -0.2) is 45.2 Å². The summed E-state index contributed by atoms with van der Waals surface area (Å²) in [6, 6.07) is 6.26. The zero-order chi connectivity index (χ0) is 17.8. The summed E-state index contributed by atoms with van der Waals surface area (Å²) in [6.07, 6.45) is -0.131. The first-order valence-corrected chi connectivity index (χ1v) is 8.06. The van der Waals surface area contributed by atoms with Gasteiger partial charge in [0.05, 0.1) is 0 Å². The highest BCUT2D eigenvalue weighted by Gasteiger charge is 2.29. The maximum absolute atomic E-state index is 13.3. The molecule has 0 spiro atoms. The van der Waals surface area contributed by atoms with Gasteiger partial charge in [-0.05, 0) is 18.4 Å². The number of nitrogens with zero attached hydrogens (tertiary/aromatic N) is 3. The number of aromatic amines is 1. The number of urea groups is 1. The van der Waals surface area contributed by atoms with Crippen LogP contribution in [0.3, 0.4) is 0 Å². The van der Waals surface area contributed by atoms with Crippen molar-refractivity contribution in [1.29, 1.82) is 0 Å². The molecule has 134 valence electrons. The van der Waals surface area contributed by atoms with E-state index < -0.39 is 18.5 Å². The summed E-state index contributed by atoms with van der Waals surface area (Å²) in [4.78, 5) is 25.4. The van der Waals surface area contributed by atoms with Gasteiger partial charge in [0.2, 0.25) is 0 Å². The Morgan fingerprint density at radius 3 is 2.48 bits per heavy atom. The zero-order valence-corrected chi connectivity index (χ0v) is 13.4. The highest BCUT2D eigenvalue weighted by Crippen LogP contribution is 2.23. The van der Waals surface area contributed by atoms with Crippen molar-refractivity contribution >= 4 is 6.03 Å². The lowest BCUT2D eigenvalue weighted by molar-refractivity contribution is 0.0937. The number of amides is 2. The molecule has 2 amide bonds. The number of aromatic nitrogens is 3. The van der Waals surface area contributed by atoms with Crippen LogP contribution in [0.5, 0.6) is 0 Å². The Morgan fingerprint density at radius 1 is 1.24 bits per heavy atom. The van der Waals surface area contributed by atoms with Crippen LogP contribution in [0, 0.1) is 0 Å². The Labute approximate surface area is 142 Å². The average molecular weight is 351 g/mol. The first-order valence-electron chi connectivity index (χ1n) is 8.06. The first kappa shape index (κ1) is 17.1. The second kappa shape index (κ2) is 7.45. The lowest BCUT2D eigenvalue weighted by Gasteiger charge is -2.33. The van der Waals surface area contributed by atoms with Gasteiger partial charge in [0, 0.05) is 19.1 Å². The van der Waals surface area contributed by atoms with Crippen molar-refractivity contribution in [2.75, 3.05) is 13.1 Å². The number of nitrogens with one attached hydrogen (secondary N) is 2. The summed E-state index contributed by atoms with van der Waals surface area (Å²) in [5, 5.41) is 8.44. The van der Waals surface area contributed by atoms with Gasteiger partial charge in [-0.1, -0.05) is 30.3 Å². The Kier molecular flexibility index (Phi) is 5.11. The zero-order valence-electron chi connectivity index (χ0n) is 13.4. The minimum Gasteiger partial charge on any atom is -0.325 e. The van der Waals surface area contributed by atoms with E-state index in [9.17, 15) is 18.4 Å². The second-order valence-corrected chi connectivity index (χ2v) is 5.96. The van der Waals surface area contributed by atoms with E-state index >= 15 is 0 Å². The van der Waals surface area contributed by atoms with Gasteiger partial charge in [-0.2, -0.15) is 5.10 Å². The highest BCUT2D eigenvalue weighted by atomic mass is 19.3. The molecule has 2 heterocycles. The molecule has 0 bridgehead atoms. The molecule has 0 aliphatic carbocycles. The number of carbonyl (C=O) groups is 1. The van der Waals surface area contributed by atoms with Crippen LogP contribution in [0.15, 0.2) is 41.5 Å². The molecule has 2 N–H and O–H groups in total. The number of rotatable bonds is 4. The molecular weight excluding hydrogens is 332 g/mol. The van der Waals surface area contributed by atoms with E-state index in [-0.39, 0.29) is 11.7 Å². The number of likely N-dealkylation sites (tertiary alicyclic amines) is 1. The average Bonchev–Trinajstić information content (AvgIpc) is 3.06. The Balaban J connectivity index is 1.60. The molecule has 1 unspecified atom stereocenters. The molecule has 1 atom stereocenters. The third-order valence-electron chi connectivity index (χ3n) is 4.41. The van der Waals surface area contributed by atoms with Crippen molar-refractivity contribution in [2.45, 2.75) is 31.4 Å². The number of hydrogen-bond acceptors (Lipinski definition) is 3. The Morgan fingerprint density at radius 2 is 1.92 bits per heavy atom. The monoisotopic (exact) mass is 351 g/mol. The van der Waals surface area contributed by atoms with Crippen molar-refractivity contribution in [3.8, 4) is 0 Å². The van der Waals surface area contributed by atoms with Gasteiger partial charge in [-0.3, -0.25) is 4.57 Å². The standard InChI is InChI=1S/C16H19F2N5O2/c17-14(18)13(11-4-2-1-3-5-11)20-15(24)22-8-6-12(7-9-22)23-10-19-21-16(23)25/h1-5,10,12-14H,6-9H2,(H,20,24)(H,21,25). The minimum absolute atomic E-state index is 0.0460. The molecule has 1 aliphatic rings. The van der Waals surface area contributed by atoms with E-state index in [2.05, 4.69) is 15.5 Å². The lowest BCUT2D eigenvalue weighted by atomic mass is 10.0. The van der Waals surface area contributed by atoms with Crippen LogP contribution in [-0.2, 0) is 0 Å². The number of halogens is 2. The van der Waals surface area contributed by atoms with Crippen molar-refractivity contribution in [1.82, 2.24) is 25.0 Å². The molecule has 1 saturated heterocycles. The van der Waals surface area contributed by atoms with Crippen LogP contribution in [0.2, 0.25) is 0 Å². The number of piperidine rings is 1. The van der Waals surface area contributed by atoms with Crippen LogP contribution >= 0.6 is 0 Å². The Hall–Kier alpha value is -2.71. The van der Waals surface area contributed by atoms with E-state index in [1.54, 1.807) is 30.3 Å². The van der Waals surface area contributed by atoms with E-state index in [1.807, 2.05) is 0 Å². The molecule has 0 saturated carbocycles. The number of hydrogen-bond donors (Lipinski definition) is 2. The summed E-state index contributed by atoms with van der Waals surface area (Å²) in [5.41, 5.74) is 0.0791. The molecule has 1 aliphatic heterocycles. The molecule has 1 fully saturated rings. The highest BCUT2D eigenvalue weighted by molar-refractivity contribution is 5.75. The number of carbonyl (C=O) groups excluding carboxylic acids is 1. The molecule has 2 aromatic rings. The Bertz CT molecular complexity index is 753. The molecule has 1 aromatic heterocycles. The molecule has 3 rings (SSSR count). The van der Waals surface area contributed by atoms with E-state index in [1.165, 1.54) is 15.8 Å². The van der Waals surface area contributed by atoms with E-state index in [0.717, 1.165) is 0 Å². The maximum Gasteiger partial charge on any atom is 0.343 e. The topological polar surface area (TPSA) is 83.0 Å². The van der Waals surface area contributed by atoms with Gasteiger partial charge in [0.25, 0.3) is 6.43 Å². The van der Waals surface area contributed by atoms with Gasteiger partial charge in [0.1, 0.15) is 12.4 Å². The van der Waals surface area contributed by atoms with E-state index in [0.29, 0.717) is 31.5 Å². The quantitative estimate of drug-likeness (QED) is 0.883. The summed E-state index contributed by atoms with van der Waals surface area (Å²) in [5.74, 6) is 0. The molecule has 7 nitrogen and oxygen atoms in total. The fourth-order valence-electron chi connectivity index (χ4n) is 3.04. The fraction of sp³-hybridized carbons (Fsp3) is 0.438. The van der Waals surface area contributed by atoms with Crippen LogP contribution in [0.25, 0.3) is 0 Å². The van der Waals surface area contributed by atoms with Gasteiger partial charge in [0.15, 0.2) is 0 Å². The molecule has 0 radical (unpaired) electrons. The first-order chi connectivity index (χ1) is 12.1. The van der Waals surface area contributed by atoms with Crippen LogP contribution in [0.4, 0.5) is 13.6 Å². The summed E-state index contributed by atoms with van der Waals surface area (Å²) < 4.78 is 28.1. The predicted molar refractivity (Wildman–Crippen MR) is 86.4 cm³/mol. The maximum atomic E-state index is 13.3.